The zero-order valence-corrected chi connectivity index (χ0v) is 13.7. The molecule has 0 atom stereocenters. The summed E-state index contributed by atoms with van der Waals surface area (Å²) in [5.41, 5.74) is 0. The summed E-state index contributed by atoms with van der Waals surface area (Å²) in [6.45, 7) is 2.23. The van der Waals surface area contributed by atoms with E-state index in [-0.39, 0.29) is 13.2 Å². The minimum absolute atomic E-state index is 0.0537. The lowest BCUT2D eigenvalue weighted by molar-refractivity contribution is 0.368. The highest BCUT2D eigenvalue weighted by atomic mass is 32.2. The molecule has 2 rings (SSSR count). The third kappa shape index (κ3) is 4.84. The molecule has 0 spiro atoms. The van der Waals surface area contributed by atoms with E-state index in [0.717, 1.165) is 11.3 Å². The molecular weight excluding hydrogens is 320 g/mol. The average molecular weight is 336 g/mol. The molecule has 0 bridgehead atoms. The van der Waals surface area contributed by atoms with Crippen molar-refractivity contribution in [1.29, 1.82) is 0 Å². The van der Waals surface area contributed by atoms with Gasteiger partial charge in [0.25, 0.3) is 10.0 Å². The van der Waals surface area contributed by atoms with Crippen molar-refractivity contribution in [3.05, 3.63) is 41.5 Å². The predicted octanol–water partition coefficient (Wildman–Crippen LogP) is 2.07. The molecule has 1 N–H and O–H groups in total. The van der Waals surface area contributed by atoms with Gasteiger partial charge in [-0.2, -0.15) is 4.72 Å². The number of thiophene rings is 1. The van der Waals surface area contributed by atoms with Crippen molar-refractivity contribution < 1.29 is 13.2 Å². The van der Waals surface area contributed by atoms with Crippen molar-refractivity contribution in [3.63, 3.8) is 0 Å². The Bertz CT molecular complexity index is 759. The first-order valence-corrected chi connectivity index (χ1v) is 8.98. The standard InChI is InChI=1S/C15H16N2O3S2/c1-2-14-7-8-15(21-14)22(18,19)17-10-3-4-11-20-13-6-5-9-16-12-13/h5-9,12,17H,2,10-11H2,1H3. The van der Waals surface area contributed by atoms with Crippen molar-refractivity contribution in [2.45, 2.75) is 17.6 Å². The van der Waals surface area contributed by atoms with Gasteiger partial charge in [-0.3, -0.25) is 4.98 Å². The van der Waals surface area contributed by atoms with Crippen molar-refractivity contribution in [2.75, 3.05) is 13.2 Å². The zero-order valence-electron chi connectivity index (χ0n) is 12.1. The van der Waals surface area contributed by atoms with E-state index in [1.165, 1.54) is 11.3 Å². The summed E-state index contributed by atoms with van der Waals surface area (Å²) in [5.74, 6) is 6.10. The topological polar surface area (TPSA) is 68.3 Å². The summed E-state index contributed by atoms with van der Waals surface area (Å²) in [4.78, 5) is 4.95. The molecule has 116 valence electrons. The van der Waals surface area contributed by atoms with Gasteiger partial charge >= 0.3 is 0 Å². The SMILES string of the molecule is CCc1ccc(S(=O)(=O)NCC#CCOc2cccnc2)s1. The van der Waals surface area contributed by atoms with Gasteiger partial charge in [0.2, 0.25) is 0 Å². The van der Waals surface area contributed by atoms with Crippen LogP contribution in [0.4, 0.5) is 0 Å². The second kappa shape index (κ2) is 7.94. The van der Waals surface area contributed by atoms with Crippen LogP contribution in [0, 0.1) is 11.8 Å². The summed E-state index contributed by atoms with van der Waals surface area (Å²) in [6.07, 6.45) is 4.07. The van der Waals surface area contributed by atoms with Crippen LogP contribution in [0.25, 0.3) is 0 Å². The van der Waals surface area contributed by atoms with E-state index in [2.05, 4.69) is 21.5 Å². The highest BCUT2D eigenvalue weighted by Gasteiger charge is 2.15. The molecule has 7 heteroatoms. The molecule has 22 heavy (non-hydrogen) atoms. The number of rotatable bonds is 6. The largest absolute Gasteiger partial charge is 0.479 e. The molecule has 2 aromatic rings. The average Bonchev–Trinajstić information content (AvgIpc) is 3.02. The first-order valence-electron chi connectivity index (χ1n) is 6.69. The number of aryl methyl sites for hydroxylation is 1. The van der Waals surface area contributed by atoms with Crippen molar-refractivity contribution in [2.24, 2.45) is 0 Å². The number of hydrogen-bond donors (Lipinski definition) is 1. The number of hydrogen-bond acceptors (Lipinski definition) is 5. The lowest BCUT2D eigenvalue weighted by atomic mass is 10.4. The maximum absolute atomic E-state index is 12.0. The highest BCUT2D eigenvalue weighted by molar-refractivity contribution is 7.91. The third-order valence-corrected chi connectivity index (χ3v) is 5.79. The van der Waals surface area contributed by atoms with E-state index in [0.29, 0.717) is 9.96 Å². The summed E-state index contributed by atoms with van der Waals surface area (Å²) in [7, 11) is -3.47. The summed E-state index contributed by atoms with van der Waals surface area (Å²) in [6, 6.07) is 6.99. The van der Waals surface area contributed by atoms with Crippen LogP contribution in [0.1, 0.15) is 11.8 Å². The summed E-state index contributed by atoms with van der Waals surface area (Å²) in [5, 5.41) is 0. The highest BCUT2D eigenvalue weighted by Crippen LogP contribution is 2.21. The fourth-order valence-corrected chi connectivity index (χ4v) is 3.82. The van der Waals surface area contributed by atoms with Gasteiger partial charge < -0.3 is 4.74 Å². The Balaban J connectivity index is 1.79. The minimum atomic E-state index is -3.47. The molecule has 0 aliphatic rings. The summed E-state index contributed by atoms with van der Waals surface area (Å²) < 4.78 is 32.1. The Morgan fingerprint density at radius 1 is 1.32 bits per heavy atom. The van der Waals surface area contributed by atoms with Crippen LogP contribution in [0.3, 0.4) is 0 Å². The molecule has 0 saturated carbocycles. The quantitative estimate of drug-likeness (QED) is 0.820. The second-order valence-electron chi connectivity index (χ2n) is 4.23. The third-order valence-electron chi connectivity index (χ3n) is 2.67. The molecule has 0 aliphatic heterocycles. The van der Waals surface area contributed by atoms with Crippen LogP contribution >= 0.6 is 11.3 Å². The molecule has 0 radical (unpaired) electrons. The molecule has 2 heterocycles. The molecule has 0 aromatic carbocycles. The van der Waals surface area contributed by atoms with Crippen LogP contribution in [-0.2, 0) is 16.4 Å². The fourth-order valence-electron chi connectivity index (χ4n) is 1.56. The molecule has 0 fully saturated rings. The number of ether oxygens (including phenoxy) is 1. The van der Waals surface area contributed by atoms with Gasteiger partial charge in [0.15, 0.2) is 0 Å². The molecule has 5 nitrogen and oxygen atoms in total. The normalized spacial score (nSPS) is 10.8. The minimum Gasteiger partial charge on any atom is -0.479 e. The first kappa shape index (κ1) is 16.5. The Hall–Kier alpha value is -1.88. The Labute approximate surface area is 134 Å². The van der Waals surface area contributed by atoms with Crippen LogP contribution in [-0.4, -0.2) is 26.6 Å². The van der Waals surface area contributed by atoms with Crippen LogP contribution in [0.15, 0.2) is 40.9 Å². The van der Waals surface area contributed by atoms with Crippen LogP contribution in [0.2, 0.25) is 0 Å². The monoisotopic (exact) mass is 336 g/mol. The second-order valence-corrected chi connectivity index (χ2v) is 7.39. The van der Waals surface area contributed by atoms with Gasteiger partial charge in [0.1, 0.15) is 16.6 Å². The van der Waals surface area contributed by atoms with Gasteiger partial charge in [-0.15, -0.1) is 11.3 Å². The maximum Gasteiger partial charge on any atom is 0.250 e. The van der Waals surface area contributed by atoms with Gasteiger partial charge in [0, 0.05) is 11.1 Å². The van der Waals surface area contributed by atoms with E-state index in [1.807, 2.05) is 13.0 Å². The van der Waals surface area contributed by atoms with E-state index in [9.17, 15) is 8.42 Å². The predicted molar refractivity (Wildman–Crippen MR) is 86.4 cm³/mol. The molecule has 0 saturated heterocycles. The van der Waals surface area contributed by atoms with Crippen molar-refractivity contribution >= 4 is 21.4 Å². The molecular formula is C15H16N2O3S2. The van der Waals surface area contributed by atoms with Gasteiger partial charge in [-0.05, 0) is 30.7 Å². The van der Waals surface area contributed by atoms with Gasteiger partial charge in [-0.25, -0.2) is 8.42 Å². The molecule has 0 amide bonds. The van der Waals surface area contributed by atoms with Gasteiger partial charge in [-0.1, -0.05) is 18.8 Å². The molecule has 0 aliphatic carbocycles. The van der Waals surface area contributed by atoms with E-state index in [1.54, 1.807) is 30.6 Å². The lowest BCUT2D eigenvalue weighted by Crippen LogP contribution is -2.23. The van der Waals surface area contributed by atoms with Crippen LogP contribution < -0.4 is 9.46 Å². The lowest BCUT2D eigenvalue weighted by Gasteiger charge is -2.00. The van der Waals surface area contributed by atoms with Crippen molar-refractivity contribution in [3.8, 4) is 17.6 Å². The van der Waals surface area contributed by atoms with E-state index >= 15 is 0 Å². The number of nitrogens with zero attached hydrogens (tertiary/aromatic N) is 1. The van der Waals surface area contributed by atoms with E-state index in [4.69, 9.17) is 4.74 Å². The number of aromatic nitrogens is 1. The van der Waals surface area contributed by atoms with E-state index < -0.39 is 10.0 Å². The fraction of sp³-hybridized carbons (Fsp3) is 0.267. The van der Waals surface area contributed by atoms with Crippen LogP contribution in [0.5, 0.6) is 5.75 Å². The number of sulfonamides is 1. The Morgan fingerprint density at radius 2 is 2.18 bits per heavy atom. The number of nitrogens with one attached hydrogen (secondary N) is 1. The number of pyridine rings is 1. The van der Waals surface area contributed by atoms with Crippen molar-refractivity contribution in [1.82, 2.24) is 9.71 Å². The Morgan fingerprint density at radius 3 is 2.86 bits per heavy atom. The smallest absolute Gasteiger partial charge is 0.250 e. The summed E-state index contributed by atoms with van der Waals surface area (Å²) >= 11 is 1.28. The zero-order chi connectivity index (χ0) is 15.8. The van der Waals surface area contributed by atoms with Gasteiger partial charge in [0.05, 0.1) is 12.7 Å². The Kier molecular flexibility index (Phi) is 5.95. The molecule has 2 aromatic heterocycles. The maximum atomic E-state index is 12.0. The molecule has 0 unspecified atom stereocenters. The first-order chi connectivity index (χ1) is 10.6.